The number of fused-ring (bicyclic) bond motifs is 1. The number of alkyl halides is 3. The highest BCUT2D eigenvalue weighted by atomic mass is 19.4. The first-order valence-electron chi connectivity index (χ1n) is 10.8. The maximum absolute atomic E-state index is 13.9. The quantitative estimate of drug-likeness (QED) is 0.194. The molecule has 0 saturated carbocycles. The molecule has 1 N–H and O–H groups in total. The maximum atomic E-state index is 13.9. The lowest BCUT2D eigenvalue weighted by Crippen LogP contribution is -2.35. The molecule has 0 bridgehead atoms. The Kier molecular flexibility index (Phi) is 8.63. The first kappa shape index (κ1) is 26.8. The Balaban J connectivity index is 0.000000197. The zero-order chi connectivity index (χ0) is 25.6. The van der Waals surface area contributed by atoms with Crippen LogP contribution in [-0.2, 0) is 19.6 Å². The van der Waals surface area contributed by atoms with Crippen molar-refractivity contribution in [1.82, 2.24) is 0 Å². The highest BCUT2D eigenvalue weighted by Crippen LogP contribution is 2.46. The van der Waals surface area contributed by atoms with Crippen LogP contribution in [0, 0.1) is 17.6 Å². The standard InChI is InChI=1S/C13H15FO2.C12H11F4NO2/c1-9-11-6-15-7-13(11,8-16-9)10-4-2-3-5-12(10)14;1-2-11(12(14,15)16)19-7-10(17-18)8-5-3-4-6-9(8)13/h2-5,9,11H,6-8H2,1H3;2-6,11,18H,1,7H2/b;17-10+/t9-,11-,13+;/m1./s1. The zero-order valence-electron chi connectivity index (χ0n) is 19.0. The van der Waals surface area contributed by atoms with Gasteiger partial charge in [0, 0.05) is 11.5 Å². The van der Waals surface area contributed by atoms with Gasteiger partial charge in [0.05, 0.1) is 37.9 Å². The lowest BCUT2D eigenvalue weighted by Gasteiger charge is -2.27. The van der Waals surface area contributed by atoms with Gasteiger partial charge >= 0.3 is 6.18 Å². The number of halogens is 5. The van der Waals surface area contributed by atoms with Crippen LogP contribution in [0.15, 0.2) is 66.3 Å². The molecule has 2 aliphatic rings. The second-order valence-electron chi connectivity index (χ2n) is 8.31. The molecule has 35 heavy (non-hydrogen) atoms. The minimum absolute atomic E-state index is 0.130. The normalized spacial score (nSPS) is 24.9. The molecular formula is C25H26F5NO4. The van der Waals surface area contributed by atoms with Gasteiger partial charge in [-0.25, -0.2) is 8.78 Å². The molecule has 2 saturated heterocycles. The fraction of sp³-hybridized carbons (Fsp3) is 0.400. The Bertz CT molecular complexity index is 1040. The third-order valence-electron chi connectivity index (χ3n) is 6.19. The van der Waals surface area contributed by atoms with Gasteiger partial charge in [-0.15, -0.1) is 6.58 Å². The SMILES string of the molecule is C=CC(OC/C(=N\O)c1ccccc1F)C(F)(F)F.C[C@H]1OC[C@]2(c3ccccc3F)COC[C@H]12. The molecule has 0 aromatic heterocycles. The van der Waals surface area contributed by atoms with Crippen LogP contribution in [0.4, 0.5) is 22.0 Å². The molecule has 190 valence electrons. The summed E-state index contributed by atoms with van der Waals surface area (Å²) in [5, 5.41) is 11.5. The van der Waals surface area contributed by atoms with Crippen molar-refractivity contribution in [1.29, 1.82) is 0 Å². The second-order valence-corrected chi connectivity index (χ2v) is 8.31. The summed E-state index contributed by atoms with van der Waals surface area (Å²) in [5.41, 5.74) is 0.0242. The molecule has 10 heteroatoms. The number of nitrogens with zero attached hydrogens (tertiary/aromatic N) is 1. The van der Waals surface area contributed by atoms with E-state index in [0.717, 1.165) is 11.6 Å². The molecule has 0 aliphatic carbocycles. The van der Waals surface area contributed by atoms with Crippen LogP contribution >= 0.6 is 0 Å². The monoisotopic (exact) mass is 499 g/mol. The van der Waals surface area contributed by atoms with Crippen molar-refractivity contribution in [2.45, 2.75) is 30.7 Å². The Hall–Kier alpha value is -2.82. The van der Waals surface area contributed by atoms with E-state index in [1.165, 1.54) is 24.3 Å². The van der Waals surface area contributed by atoms with Gasteiger partial charge < -0.3 is 19.4 Å². The minimum Gasteiger partial charge on any atom is -0.411 e. The number of benzene rings is 2. The van der Waals surface area contributed by atoms with Gasteiger partial charge in [0.1, 0.15) is 17.3 Å². The molecule has 4 rings (SSSR count). The summed E-state index contributed by atoms with van der Waals surface area (Å²) >= 11 is 0. The molecule has 2 aromatic carbocycles. The second kappa shape index (κ2) is 11.3. The predicted molar refractivity (Wildman–Crippen MR) is 119 cm³/mol. The lowest BCUT2D eigenvalue weighted by atomic mass is 9.73. The first-order valence-corrected chi connectivity index (χ1v) is 10.8. The van der Waals surface area contributed by atoms with Crippen molar-refractivity contribution < 1.29 is 41.4 Å². The summed E-state index contributed by atoms with van der Waals surface area (Å²) in [7, 11) is 0. The van der Waals surface area contributed by atoms with Gasteiger partial charge in [0.2, 0.25) is 0 Å². The maximum Gasteiger partial charge on any atom is 0.418 e. The molecule has 1 unspecified atom stereocenters. The number of oxime groups is 1. The molecular weight excluding hydrogens is 473 g/mol. The topological polar surface area (TPSA) is 60.3 Å². The molecule has 2 heterocycles. The molecule has 0 amide bonds. The molecule has 4 atom stereocenters. The van der Waals surface area contributed by atoms with Crippen LogP contribution in [0.5, 0.6) is 0 Å². The summed E-state index contributed by atoms with van der Waals surface area (Å²) in [6, 6.07) is 12.2. The van der Waals surface area contributed by atoms with Crippen molar-refractivity contribution in [2.24, 2.45) is 11.1 Å². The largest absolute Gasteiger partial charge is 0.418 e. The van der Waals surface area contributed by atoms with Crippen LogP contribution < -0.4 is 0 Å². The van der Waals surface area contributed by atoms with Gasteiger partial charge in [-0.2, -0.15) is 13.2 Å². The Labute approximate surface area is 199 Å². The van der Waals surface area contributed by atoms with Gasteiger partial charge in [0.25, 0.3) is 0 Å². The van der Waals surface area contributed by atoms with Crippen molar-refractivity contribution >= 4 is 5.71 Å². The summed E-state index contributed by atoms with van der Waals surface area (Å²) < 4.78 is 80.2. The van der Waals surface area contributed by atoms with Crippen molar-refractivity contribution in [2.75, 3.05) is 26.4 Å². The Morgan fingerprint density at radius 3 is 2.43 bits per heavy atom. The van der Waals surface area contributed by atoms with E-state index in [4.69, 9.17) is 14.7 Å². The predicted octanol–water partition coefficient (Wildman–Crippen LogP) is 5.27. The fourth-order valence-corrected chi connectivity index (χ4v) is 4.31. The van der Waals surface area contributed by atoms with E-state index >= 15 is 0 Å². The summed E-state index contributed by atoms with van der Waals surface area (Å²) in [5.74, 6) is -0.582. The average molecular weight is 499 g/mol. The molecule has 0 spiro atoms. The van der Waals surface area contributed by atoms with Crippen LogP contribution in [-0.4, -0.2) is 55.7 Å². The lowest BCUT2D eigenvalue weighted by molar-refractivity contribution is -0.199. The number of ether oxygens (including phenoxy) is 3. The van der Waals surface area contributed by atoms with Gasteiger partial charge in [-0.1, -0.05) is 41.6 Å². The van der Waals surface area contributed by atoms with Gasteiger partial charge in [0.15, 0.2) is 6.10 Å². The molecule has 0 radical (unpaired) electrons. The molecule has 2 aliphatic heterocycles. The summed E-state index contributed by atoms with van der Waals surface area (Å²) in [6.45, 7) is 6.16. The Morgan fingerprint density at radius 1 is 1.17 bits per heavy atom. The van der Waals surface area contributed by atoms with E-state index in [9.17, 15) is 22.0 Å². The van der Waals surface area contributed by atoms with Crippen LogP contribution in [0.2, 0.25) is 0 Å². The van der Waals surface area contributed by atoms with E-state index in [0.29, 0.717) is 25.9 Å². The first-order chi connectivity index (χ1) is 16.6. The zero-order valence-corrected chi connectivity index (χ0v) is 19.0. The number of rotatable bonds is 6. The van der Waals surface area contributed by atoms with Gasteiger partial charge in [-0.05, 0) is 30.7 Å². The van der Waals surface area contributed by atoms with Crippen molar-refractivity contribution in [3.8, 4) is 0 Å². The highest BCUT2D eigenvalue weighted by Gasteiger charge is 2.54. The highest BCUT2D eigenvalue weighted by molar-refractivity contribution is 6.01. The van der Waals surface area contributed by atoms with Crippen molar-refractivity contribution in [3.63, 3.8) is 0 Å². The smallest absolute Gasteiger partial charge is 0.411 e. The van der Waals surface area contributed by atoms with Gasteiger partial charge in [-0.3, -0.25) is 0 Å². The van der Waals surface area contributed by atoms with E-state index in [-0.39, 0.29) is 34.5 Å². The van der Waals surface area contributed by atoms with E-state index < -0.39 is 24.7 Å². The van der Waals surface area contributed by atoms with E-state index in [1.54, 1.807) is 6.07 Å². The fourth-order valence-electron chi connectivity index (χ4n) is 4.31. The van der Waals surface area contributed by atoms with E-state index in [2.05, 4.69) is 16.5 Å². The average Bonchev–Trinajstić information content (AvgIpc) is 3.39. The molecule has 2 aromatic rings. The number of hydrogen-bond donors (Lipinski definition) is 1. The minimum atomic E-state index is -4.63. The van der Waals surface area contributed by atoms with E-state index in [1.807, 2.05) is 19.1 Å². The Morgan fingerprint density at radius 2 is 1.83 bits per heavy atom. The van der Waals surface area contributed by atoms with Crippen LogP contribution in [0.3, 0.4) is 0 Å². The molecule has 5 nitrogen and oxygen atoms in total. The van der Waals surface area contributed by atoms with Crippen molar-refractivity contribution in [3.05, 3.63) is 83.9 Å². The molecule has 2 fully saturated rings. The number of hydrogen-bond acceptors (Lipinski definition) is 5. The summed E-state index contributed by atoms with van der Waals surface area (Å²) in [4.78, 5) is 0. The van der Waals surface area contributed by atoms with Crippen LogP contribution in [0.1, 0.15) is 18.1 Å². The third-order valence-corrected chi connectivity index (χ3v) is 6.19. The summed E-state index contributed by atoms with van der Waals surface area (Å²) in [6.07, 6.45) is -6.12. The third kappa shape index (κ3) is 5.88. The van der Waals surface area contributed by atoms with Crippen LogP contribution in [0.25, 0.3) is 0 Å².